The second-order valence-corrected chi connectivity index (χ2v) is 4.23. The van der Waals surface area contributed by atoms with Crippen molar-refractivity contribution in [1.82, 2.24) is 0 Å². The summed E-state index contributed by atoms with van der Waals surface area (Å²) in [7, 11) is 1.27. The van der Waals surface area contributed by atoms with Gasteiger partial charge in [-0.3, -0.25) is 5.21 Å². The molecule has 0 aromatic heterocycles. The van der Waals surface area contributed by atoms with Gasteiger partial charge in [-0.1, -0.05) is 6.07 Å². The maximum atomic E-state index is 11.9. The van der Waals surface area contributed by atoms with Crippen LogP contribution in [0.15, 0.2) is 48.5 Å². The van der Waals surface area contributed by atoms with Crippen LogP contribution in [-0.2, 0) is 4.74 Å². The molecule has 0 amide bonds. The number of methoxy groups -OCH3 is 1. The van der Waals surface area contributed by atoms with Crippen LogP contribution in [0.3, 0.4) is 0 Å². The SMILES string of the molecule is COC(=O)c1ccc(OC(=O)c2cccc(N([O-])O)c2)cc1. The Morgan fingerprint density at radius 3 is 2.32 bits per heavy atom. The molecule has 2 rings (SSSR count). The molecule has 0 saturated heterocycles. The molecular weight excluding hydrogens is 290 g/mol. The van der Waals surface area contributed by atoms with Crippen molar-refractivity contribution in [3.05, 3.63) is 64.9 Å². The summed E-state index contributed by atoms with van der Waals surface area (Å²) in [6.07, 6.45) is 0. The predicted octanol–water partition coefficient (Wildman–Crippen LogP) is 2.39. The number of hydrogen-bond acceptors (Lipinski definition) is 7. The number of nitrogens with zero attached hydrogens (tertiary/aromatic N) is 1. The fourth-order valence-corrected chi connectivity index (χ4v) is 1.69. The summed E-state index contributed by atoms with van der Waals surface area (Å²) in [4.78, 5) is 23.2. The maximum absolute atomic E-state index is 11.9. The molecule has 0 bridgehead atoms. The molecule has 0 saturated carbocycles. The first-order valence-corrected chi connectivity index (χ1v) is 6.18. The lowest BCUT2D eigenvalue weighted by atomic mass is 10.2. The lowest BCUT2D eigenvalue weighted by Gasteiger charge is -2.21. The Bertz CT molecular complexity index is 681. The van der Waals surface area contributed by atoms with E-state index >= 15 is 0 Å². The minimum Gasteiger partial charge on any atom is -0.733 e. The second kappa shape index (κ2) is 6.70. The van der Waals surface area contributed by atoms with Crippen LogP contribution >= 0.6 is 0 Å². The van der Waals surface area contributed by atoms with E-state index in [2.05, 4.69) is 4.74 Å². The standard InChI is InChI=1S/C15H12NO6/c1-21-14(17)10-5-7-13(8-6-10)22-15(18)11-3-2-4-12(9-11)16(19)20/h2-9,19H,1H3/q-1. The van der Waals surface area contributed by atoms with Gasteiger partial charge in [0, 0.05) is 0 Å². The van der Waals surface area contributed by atoms with Crippen molar-refractivity contribution < 1.29 is 24.3 Å². The van der Waals surface area contributed by atoms with E-state index < -0.39 is 11.9 Å². The summed E-state index contributed by atoms with van der Waals surface area (Å²) in [5, 5.41) is 19.2. The summed E-state index contributed by atoms with van der Waals surface area (Å²) >= 11 is 0. The molecular formula is C15H12NO6-. The molecule has 0 radical (unpaired) electrons. The van der Waals surface area contributed by atoms with E-state index in [-0.39, 0.29) is 22.2 Å². The summed E-state index contributed by atoms with van der Waals surface area (Å²) < 4.78 is 9.67. The number of hydrogen-bond donors (Lipinski definition) is 1. The minimum absolute atomic E-state index is 0.0875. The van der Waals surface area contributed by atoms with Crippen LogP contribution in [0.5, 0.6) is 5.75 Å². The van der Waals surface area contributed by atoms with Gasteiger partial charge in [0.25, 0.3) is 0 Å². The van der Waals surface area contributed by atoms with Gasteiger partial charge in [0.15, 0.2) is 0 Å². The molecule has 2 aromatic carbocycles. The van der Waals surface area contributed by atoms with E-state index in [0.717, 1.165) is 0 Å². The summed E-state index contributed by atoms with van der Waals surface area (Å²) in [5.74, 6) is -0.968. The van der Waals surface area contributed by atoms with Crippen LogP contribution in [0.25, 0.3) is 0 Å². The molecule has 0 heterocycles. The van der Waals surface area contributed by atoms with Gasteiger partial charge in [0.1, 0.15) is 5.75 Å². The zero-order chi connectivity index (χ0) is 16.1. The Morgan fingerprint density at radius 2 is 1.73 bits per heavy atom. The molecule has 0 atom stereocenters. The average Bonchev–Trinajstić information content (AvgIpc) is 2.54. The van der Waals surface area contributed by atoms with E-state index in [0.29, 0.717) is 5.56 Å². The smallest absolute Gasteiger partial charge is 0.343 e. The van der Waals surface area contributed by atoms with Crippen LogP contribution in [0, 0.1) is 5.21 Å². The van der Waals surface area contributed by atoms with Crippen molar-refractivity contribution in [1.29, 1.82) is 0 Å². The van der Waals surface area contributed by atoms with Gasteiger partial charge in [-0.05, 0) is 42.5 Å². The van der Waals surface area contributed by atoms with E-state index in [4.69, 9.17) is 9.94 Å². The van der Waals surface area contributed by atoms with Crippen LogP contribution < -0.4 is 9.96 Å². The van der Waals surface area contributed by atoms with Gasteiger partial charge >= 0.3 is 11.9 Å². The first-order chi connectivity index (χ1) is 10.5. The van der Waals surface area contributed by atoms with Crippen LogP contribution in [0.1, 0.15) is 20.7 Å². The molecule has 0 fully saturated rings. The number of carbonyl (C=O) groups excluding carboxylic acids is 2. The Hall–Kier alpha value is -2.90. The van der Waals surface area contributed by atoms with Gasteiger partial charge in [0.05, 0.1) is 23.9 Å². The molecule has 0 spiro atoms. The topological polar surface area (TPSA) is 99.1 Å². The fourth-order valence-electron chi connectivity index (χ4n) is 1.69. The number of benzene rings is 2. The van der Waals surface area contributed by atoms with Gasteiger partial charge in [-0.15, -0.1) is 0 Å². The third-order valence-electron chi connectivity index (χ3n) is 2.79. The van der Waals surface area contributed by atoms with Crippen LogP contribution in [0.4, 0.5) is 5.69 Å². The number of ether oxygens (including phenoxy) is 2. The number of rotatable bonds is 4. The quantitative estimate of drug-likeness (QED) is 0.526. The Morgan fingerprint density at radius 1 is 1.05 bits per heavy atom. The highest BCUT2D eigenvalue weighted by atomic mass is 16.8. The lowest BCUT2D eigenvalue weighted by molar-refractivity contribution is 0.0600. The van der Waals surface area contributed by atoms with Crippen molar-refractivity contribution in [3.63, 3.8) is 0 Å². The predicted molar refractivity (Wildman–Crippen MR) is 76.8 cm³/mol. The Balaban J connectivity index is 2.12. The third-order valence-corrected chi connectivity index (χ3v) is 2.79. The number of carbonyl (C=O) groups is 2. The highest BCUT2D eigenvalue weighted by molar-refractivity contribution is 5.92. The fraction of sp³-hybridized carbons (Fsp3) is 0.0667. The number of esters is 2. The van der Waals surface area contributed by atoms with E-state index in [1.54, 1.807) is 0 Å². The Labute approximate surface area is 125 Å². The average molecular weight is 302 g/mol. The molecule has 2 aromatic rings. The summed E-state index contributed by atoms with van der Waals surface area (Å²) in [6, 6.07) is 11.2. The van der Waals surface area contributed by atoms with Crippen molar-refractivity contribution in [2.75, 3.05) is 12.3 Å². The number of anilines is 1. The van der Waals surface area contributed by atoms with Crippen molar-refractivity contribution in [3.8, 4) is 5.75 Å². The zero-order valence-electron chi connectivity index (χ0n) is 11.6. The van der Waals surface area contributed by atoms with Gasteiger partial charge in [-0.2, -0.15) is 0 Å². The highest BCUT2D eigenvalue weighted by Gasteiger charge is 2.11. The van der Waals surface area contributed by atoms with Crippen molar-refractivity contribution in [2.24, 2.45) is 0 Å². The Kier molecular flexibility index (Phi) is 4.72. The largest absolute Gasteiger partial charge is 0.733 e. The van der Waals surface area contributed by atoms with Crippen molar-refractivity contribution >= 4 is 17.6 Å². The molecule has 7 heteroatoms. The maximum Gasteiger partial charge on any atom is 0.343 e. The van der Waals surface area contributed by atoms with Gasteiger partial charge < -0.3 is 19.9 Å². The molecule has 22 heavy (non-hydrogen) atoms. The lowest BCUT2D eigenvalue weighted by Crippen LogP contribution is -2.11. The summed E-state index contributed by atoms with van der Waals surface area (Å²) in [5.41, 5.74) is 0.339. The minimum atomic E-state index is -0.700. The van der Waals surface area contributed by atoms with Gasteiger partial charge in [-0.25, -0.2) is 9.59 Å². The van der Waals surface area contributed by atoms with Crippen molar-refractivity contribution in [2.45, 2.75) is 0 Å². The monoisotopic (exact) mass is 302 g/mol. The molecule has 7 nitrogen and oxygen atoms in total. The third kappa shape index (κ3) is 3.60. The van der Waals surface area contributed by atoms with E-state index in [1.807, 2.05) is 0 Å². The molecule has 0 aliphatic heterocycles. The normalized spacial score (nSPS) is 9.95. The van der Waals surface area contributed by atoms with Gasteiger partial charge in [0.2, 0.25) is 0 Å². The second-order valence-electron chi connectivity index (χ2n) is 4.23. The summed E-state index contributed by atoms with van der Waals surface area (Å²) in [6.45, 7) is 0. The molecule has 0 unspecified atom stereocenters. The van der Waals surface area contributed by atoms with Crippen LogP contribution in [0.2, 0.25) is 0 Å². The van der Waals surface area contributed by atoms with Crippen LogP contribution in [-0.4, -0.2) is 24.3 Å². The van der Waals surface area contributed by atoms with E-state index in [1.165, 1.54) is 55.6 Å². The first kappa shape index (κ1) is 15.5. The molecule has 0 aliphatic carbocycles. The molecule has 1 N–H and O–H groups in total. The molecule has 0 aliphatic rings. The first-order valence-electron chi connectivity index (χ1n) is 6.18. The van der Waals surface area contributed by atoms with E-state index in [9.17, 15) is 14.8 Å². The zero-order valence-corrected chi connectivity index (χ0v) is 11.6. The molecule has 114 valence electrons. The highest BCUT2D eigenvalue weighted by Crippen LogP contribution is 2.18.